The number of nitrogens with zero attached hydrogens (tertiary/aromatic N) is 7. The highest BCUT2D eigenvalue weighted by Crippen LogP contribution is 2.30. The molecule has 0 bridgehead atoms. The summed E-state index contributed by atoms with van der Waals surface area (Å²) in [7, 11) is 0. The van der Waals surface area contributed by atoms with Crippen LogP contribution in [0.2, 0.25) is 0 Å². The summed E-state index contributed by atoms with van der Waals surface area (Å²) in [6.45, 7) is 12.9. The van der Waals surface area contributed by atoms with Crippen LogP contribution in [0, 0.1) is 11.3 Å². The van der Waals surface area contributed by atoms with Crippen LogP contribution in [0.3, 0.4) is 0 Å². The third kappa shape index (κ3) is 5.25. The van der Waals surface area contributed by atoms with Crippen molar-refractivity contribution in [3.8, 4) is 6.07 Å². The number of ether oxygens (including phenoxy) is 1. The second-order valence-electron chi connectivity index (χ2n) is 10.5. The fourth-order valence-corrected chi connectivity index (χ4v) is 6.03. The van der Waals surface area contributed by atoms with Gasteiger partial charge in [0, 0.05) is 89.3 Å². The van der Waals surface area contributed by atoms with Gasteiger partial charge in [0.1, 0.15) is 6.07 Å². The summed E-state index contributed by atoms with van der Waals surface area (Å²) in [5.74, 6) is 0. The second kappa shape index (κ2) is 11.1. The van der Waals surface area contributed by atoms with Gasteiger partial charge in [0.2, 0.25) is 0 Å². The number of nitrogens with one attached hydrogen (secondary N) is 1. The minimum Gasteiger partial charge on any atom is -0.370 e. The Hall–Kier alpha value is -3.45. The van der Waals surface area contributed by atoms with Crippen LogP contribution in [0.4, 0.5) is 17.1 Å². The van der Waals surface area contributed by atoms with E-state index < -0.39 is 0 Å². The summed E-state index contributed by atoms with van der Waals surface area (Å²) in [5, 5.41) is 14.0. The van der Waals surface area contributed by atoms with E-state index in [9.17, 15) is 5.26 Å². The zero-order valence-electron chi connectivity index (χ0n) is 22.1. The van der Waals surface area contributed by atoms with E-state index in [4.69, 9.17) is 4.74 Å². The molecule has 0 aliphatic carbocycles. The van der Waals surface area contributed by atoms with Crippen LogP contribution < -0.4 is 20.0 Å². The van der Waals surface area contributed by atoms with Crippen molar-refractivity contribution in [1.29, 1.82) is 5.26 Å². The molecule has 3 aliphatic rings. The van der Waals surface area contributed by atoms with E-state index in [1.807, 2.05) is 24.5 Å². The molecule has 3 aromatic rings. The molecule has 0 unspecified atom stereocenters. The van der Waals surface area contributed by atoms with Gasteiger partial charge in [-0.25, -0.2) is 0 Å². The highest BCUT2D eigenvalue weighted by molar-refractivity contribution is 5.95. The molecule has 6 rings (SSSR count). The van der Waals surface area contributed by atoms with Crippen molar-refractivity contribution >= 4 is 28.0 Å². The van der Waals surface area contributed by atoms with Gasteiger partial charge in [-0.3, -0.25) is 14.9 Å². The molecule has 0 spiro atoms. The van der Waals surface area contributed by atoms with Gasteiger partial charge < -0.3 is 24.8 Å². The molecule has 9 heteroatoms. The predicted molar refractivity (Wildman–Crippen MR) is 151 cm³/mol. The zero-order valence-corrected chi connectivity index (χ0v) is 22.1. The lowest BCUT2D eigenvalue weighted by Crippen LogP contribution is -2.54. The minimum atomic E-state index is 0.130. The number of fused-ring (bicyclic) bond motifs is 1. The maximum atomic E-state index is 9.53. The molecular formula is C29H36N8O. The molecule has 38 heavy (non-hydrogen) atoms. The van der Waals surface area contributed by atoms with Crippen molar-refractivity contribution in [3.63, 3.8) is 0 Å². The van der Waals surface area contributed by atoms with Crippen LogP contribution in [0.15, 0.2) is 48.9 Å². The molecule has 2 aromatic heterocycles. The number of anilines is 3. The first kappa shape index (κ1) is 24.9. The number of hydrogen-bond acceptors (Lipinski definition) is 9. The number of morpholine rings is 1. The smallest absolute Gasteiger partial charge is 0.101 e. The van der Waals surface area contributed by atoms with Crippen molar-refractivity contribution in [2.24, 2.45) is 0 Å². The molecule has 2 atom stereocenters. The average molecular weight is 513 g/mol. The molecule has 0 radical (unpaired) electrons. The Labute approximate surface area is 224 Å². The van der Waals surface area contributed by atoms with Gasteiger partial charge in [0.05, 0.1) is 47.1 Å². The van der Waals surface area contributed by atoms with Crippen LogP contribution in [0.25, 0.3) is 10.9 Å². The fraction of sp³-hybridized carbons (Fsp3) is 0.483. The Morgan fingerprint density at radius 1 is 0.974 bits per heavy atom. The lowest BCUT2D eigenvalue weighted by molar-refractivity contribution is -0.0327. The zero-order chi connectivity index (χ0) is 25.9. The first-order valence-electron chi connectivity index (χ1n) is 13.7. The summed E-state index contributed by atoms with van der Waals surface area (Å²) in [6.07, 6.45) is 6.02. The van der Waals surface area contributed by atoms with Crippen molar-refractivity contribution in [3.05, 3.63) is 54.5 Å². The summed E-state index contributed by atoms with van der Waals surface area (Å²) < 4.78 is 6.41. The van der Waals surface area contributed by atoms with Gasteiger partial charge in [-0.15, -0.1) is 0 Å². The Morgan fingerprint density at radius 2 is 1.74 bits per heavy atom. The normalized spacial score (nSPS) is 23.0. The third-order valence-corrected chi connectivity index (χ3v) is 7.92. The number of hydrogen-bond donors (Lipinski definition) is 1. The van der Waals surface area contributed by atoms with E-state index in [1.54, 1.807) is 6.20 Å². The summed E-state index contributed by atoms with van der Waals surface area (Å²) in [4.78, 5) is 18.9. The van der Waals surface area contributed by atoms with E-state index >= 15 is 0 Å². The van der Waals surface area contributed by atoms with Crippen LogP contribution in [0.1, 0.15) is 12.5 Å². The number of pyridine rings is 2. The molecule has 0 saturated carbocycles. The van der Waals surface area contributed by atoms with E-state index in [2.05, 4.69) is 66.1 Å². The Kier molecular flexibility index (Phi) is 7.27. The molecule has 3 saturated heterocycles. The van der Waals surface area contributed by atoms with E-state index in [0.717, 1.165) is 88.6 Å². The van der Waals surface area contributed by atoms with Crippen LogP contribution in [-0.4, -0.2) is 99.1 Å². The lowest BCUT2D eigenvalue weighted by atomic mass is 10.1. The van der Waals surface area contributed by atoms with Crippen LogP contribution in [0.5, 0.6) is 0 Å². The molecule has 3 fully saturated rings. The van der Waals surface area contributed by atoms with Crippen molar-refractivity contribution in [2.75, 3.05) is 86.7 Å². The quantitative estimate of drug-likeness (QED) is 0.554. The Balaban J connectivity index is 1.09. The molecule has 198 valence electrons. The van der Waals surface area contributed by atoms with Gasteiger partial charge in [-0.2, -0.15) is 5.26 Å². The fourth-order valence-electron chi connectivity index (χ4n) is 6.03. The number of aromatic nitrogens is 2. The standard InChI is InChI=1S/C29H36N8O/c1-22-19-37(28-5-4-23(16-30)29-27(28)3-2-6-33-29)21-26(38-22)20-34-11-13-36(14-12-34)25-15-24(17-32-18-25)35-9-7-31-8-10-35/h2-6,15,17-18,22,26,31H,7-14,19-21H2,1H3/t22-,26+/m1/s1. The first-order chi connectivity index (χ1) is 18.7. The molecule has 1 aromatic carbocycles. The van der Waals surface area contributed by atoms with Gasteiger partial charge in [-0.1, -0.05) is 0 Å². The minimum absolute atomic E-state index is 0.130. The second-order valence-corrected chi connectivity index (χ2v) is 10.5. The molecule has 3 aliphatic heterocycles. The Bertz CT molecular complexity index is 1300. The van der Waals surface area contributed by atoms with Gasteiger partial charge >= 0.3 is 0 Å². The summed E-state index contributed by atoms with van der Waals surface area (Å²) >= 11 is 0. The third-order valence-electron chi connectivity index (χ3n) is 7.92. The predicted octanol–water partition coefficient (Wildman–Crippen LogP) is 2.33. The molecular weight excluding hydrogens is 476 g/mol. The maximum Gasteiger partial charge on any atom is 0.101 e. The number of nitriles is 1. The molecule has 5 heterocycles. The maximum absolute atomic E-state index is 9.53. The number of piperazine rings is 2. The van der Waals surface area contributed by atoms with Crippen molar-refractivity contribution < 1.29 is 4.74 Å². The lowest BCUT2D eigenvalue weighted by Gasteiger charge is -2.42. The van der Waals surface area contributed by atoms with E-state index in [1.165, 1.54) is 11.4 Å². The largest absolute Gasteiger partial charge is 0.370 e. The monoisotopic (exact) mass is 512 g/mol. The highest BCUT2D eigenvalue weighted by Gasteiger charge is 2.29. The van der Waals surface area contributed by atoms with Gasteiger partial charge in [0.25, 0.3) is 0 Å². The van der Waals surface area contributed by atoms with Crippen molar-refractivity contribution in [2.45, 2.75) is 19.1 Å². The molecule has 9 nitrogen and oxygen atoms in total. The molecule has 0 amide bonds. The SMILES string of the molecule is C[C@@H]1CN(c2ccc(C#N)c3ncccc23)C[C@H](CN2CCN(c3cncc(N4CCNCC4)c3)CC2)O1. The van der Waals surface area contributed by atoms with Gasteiger partial charge in [-0.05, 0) is 37.3 Å². The average Bonchev–Trinajstić information content (AvgIpc) is 2.97. The van der Waals surface area contributed by atoms with Gasteiger partial charge in [0.15, 0.2) is 0 Å². The number of benzene rings is 1. The van der Waals surface area contributed by atoms with Crippen LogP contribution in [-0.2, 0) is 4.74 Å². The van der Waals surface area contributed by atoms with E-state index in [0.29, 0.717) is 5.56 Å². The first-order valence-corrected chi connectivity index (χ1v) is 13.7. The molecule has 1 N–H and O–H groups in total. The Morgan fingerprint density at radius 3 is 2.50 bits per heavy atom. The summed E-state index contributed by atoms with van der Waals surface area (Å²) in [6, 6.07) is 12.6. The van der Waals surface area contributed by atoms with Crippen molar-refractivity contribution in [1.82, 2.24) is 20.2 Å². The topological polar surface area (TPSA) is 83.8 Å². The van der Waals surface area contributed by atoms with Crippen LogP contribution >= 0.6 is 0 Å². The highest BCUT2D eigenvalue weighted by atomic mass is 16.5. The summed E-state index contributed by atoms with van der Waals surface area (Å²) in [5.41, 5.74) is 4.97. The van der Waals surface area contributed by atoms with E-state index in [-0.39, 0.29) is 12.2 Å². The number of rotatable bonds is 5.